The van der Waals surface area contributed by atoms with Crippen LogP contribution in [-0.4, -0.2) is 240 Å². The van der Waals surface area contributed by atoms with Crippen LogP contribution < -0.4 is 44.2 Å². The zero-order valence-electron chi connectivity index (χ0n) is 42.6. The first-order valence-electron chi connectivity index (χ1n) is 22.0. The smallest absolute Gasteiger partial charge is 0.362 e. The molecule has 0 heterocycles. The number of methoxy groups -OCH3 is 1. The average molecular weight is 1130 g/mol. The van der Waals surface area contributed by atoms with Gasteiger partial charge in [-0.05, 0) is 48.5 Å². The number of rotatable bonds is 32. The summed E-state index contributed by atoms with van der Waals surface area (Å²) in [6.07, 6.45) is 4.43. The van der Waals surface area contributed by atoms with Crippen molar-refractivity contribution in [1.82, 2.24) is 0 Å². The van der Waals surface area contributed by atoms with Gasteiger partial charge in [0.1, 0.15) is 76.0 Å². The minimum absolute atomic E-state index is 0. The lowest BCUT2D eigenvalue weighted by atomic mass is 10.2. The van der Waals surface area contributed by atoms with Crippen LogP contribution in [0, 0.1) is 0 Å². The fourth-order valence-electron chi connectivity index (χ4n) is 6.31. The quantitative estimate of drug-likeness (QED) is 0.0208. The summed E-state index contributed by atoms with van der Waals surface area (Å²) in [5, 5.41) is 39.9. The van der Waals surface area contributed by atoms with Crippen LogP contribution in [0.15, 0.2) is 9.98 Å². The molecule has 69 heavy (non-hydrogen) atoms. The summed E-state index contributed by atoms with van der Waals surface area (Å²) >= 11 is 0. The van der Waals surface area contributed by atoms with E-state index >= 15 is 0 Å². The fourth-order valence-corrected chi connectivity index (χ4v) is 6.31. The Labute approximate surface area is 431 Å². The van der Waals surface area contributed by atoms with Gasteiger partial charge in [-0.1, -0.05) is 7.43 Å². The summed E-state index contributed by atoms with van der Waals surface area (Å²) in [6.45, 7) is 16.6. The molecule has 0 aliphatic carbocycles. The predicted molar refractivity (Wildman–Crippen MR) is 244 cm³/mol. The van der Waals surface area contributed by atoms with E-state index in [4.69, 9.17) is 29.2 Å². The number of carbonyl (C=O) groups excluding carboxylic acids is 8. The second kappa shape index (κ2) is 40.1. The number of halogens is 2. The highest BCUT2D eigenvalue weighted by Crippen LogP contribution is 2.13. The van der Waals surface area contributed by atoms with E-state index in [2.05, 4.69) is 9.98 Å². The van der Waals surface area contributed by atoms with E-state index < -0.39 is 29.1 Å². The number of carboxylic acids is 2. The predicted octanol–water partition coefficient (Wildman–Crippen LogP) is -7.43. The highest BCUT2D eigenvalue weighted by molar-refractivity contribution is 5.75. The Hall–Kier alpha value is -3.54. The van der Waals surface area contributed by atoms with Crippen LogP contribution in [0.1, 0.15) is 81.6 Å². The van der Waals surface area contributed by atoms with Gasteiger partial charge < -0.3 is 106 Å². The zero-order chi connectivity index (χ0) is 51.7. The monoisotopic (exact) mass is 1120 g/mol. The van der Waals surface area contributed by atoms with Crippen molar-refractivity contribution in [3.05, 3.63) is 0 Å². The molecule has 2 atom stereocenters. The number of hydrogen-bond acceptors (Lipinski definition) is 18. The van der Waals surface area contributed by atoms with Crippen LogP contribution in [0.4, 0.5) is 0 Å². The first-order valence-corrected chi connectivity index (χ1v) is 22.0. The molecular formula is C45H86Br2N6O16. The Morgan fingerprint density at radius 3 is 1.23 bits per heavy atom. The van der Waals surface area contributed by atoms with Crippen molar-refractivity contribution in [3.63, 3.8) is 0 Å². The molecule has 24 heteroatoms. The Morgan fingerprint density at radius 1 is 0.551 bits per heavy atom. The number of carboxylic acid groups (broad SMARTS) is 2. The molecule has 0 aliphatic rings. The molecule has 0 aromatic carbocycles. The largest absolute Gasteiger partial charge is 1.00 e. The number of esters is 3. The number of isocyanates is 2. The molecule has 406 valence electrons. The number of likely N-dealkylation sites (N-methyl/N-ethyl adjacent to an activating group) is 4. The number of ketones is 1. The lowest BCUT2D eigenvalue weighted by Gasteiger charge is -2.35. The maximum atomic E-state index is 12.0. The standard InChI is InChI=1S/C20H36N2O8.C13H22N3O4.C11H24NO4.CH4.2BrH/c1-17(23)7-5-9-21(2,15-18(24)25)10-6-8-20(28)30-14-12-22(3,11-13-29-4)16-19(26)27;1-13(2,3)20-12(19)9-16(4,7-5-14-10-17)8-6-15-11-18;1-11(2,3)16-10(15)9-12(4,5-7-13)6-8-14;;;/h5-16H2,1-4H3;5-9H2,1-4H3;13-14H,5-9H2,1-4H3;1H4;2*1H/q;2*+1;;;/p-2. The van der Waals surface area contributed by atoms with Gasteiger partial charge in [-0.3, -0.25) is 4.79 Å². The summed E-state index contributed by atoms with van der Waals surface area (Å²) in [4.78, 5) is 95.8. The number of aliphatic carboxylic acids is 2. The molecule has 0 aromatic heterocycles. The van der Waals surface area contributed by atoms with Crippen LogP contribution in [0.2, 0.25) is 0 Å². The summed E-state index contributed by atoms with van der Waals surface area (Å²) in [7, 11) is 8.66. The molecule has 0 aromatic rings. The van der Waals surface area contributed by atoms with Gasteiger partial charge in [0.15, 0.2) is 13.1 Å². The van der Waals surface area contributed by atoms with Crippen LogP contribution in [0.3, 0.4) is 0 Å². The molecule has 2 unspecified atom stereocenters. The molecule has 0 aliphatic heterocycles. The van der Waals surface area contributed by atoms with E-state index in [9.17, 15) is 48.6 Å². The highest BCUT2D eigenvalue weighted by atomic mass is 79.9. The van der Waals surface area contributed by atoms with Crippen molar-refractivity contribution in [3.8, 4) is 0 Å². The van der Waals surface area contributed by atoms with Gasteiger partial charge in [0.25, 0.3) is 0 Å². The fraction of sp³-hybridized carbons (Fsp3) is 0.822. The third kappa shape index (κ3) is 47.9. The zero-order valence-corrected chi connectivity index (χ0v) is 45.8. The molecule has 0 saturated heterocycles. The van der Waals surface area contributed by atoms with Crippen LogP contribution >= 0.6 is 0 Å². The van der Waals surface area contributed by atoms with Crippen molar-refractivity contribution >= 4 is 47.8 Å². The number of ether oxygens (including phenoxy) is 4. The lowest BCUT2D eigenvalue weighted by molar-refractivity contribution is -0.904. The second-order valence-corrected chi connectivity index (χ2v) is 19.3. The van der Waals surface area contributed by atoms with Crippen molar-refractivity contribution in [1.29, 1.82) is 0 Å². The normalized spacial score (nSPS) is 13.4. The molecule has 0 radical (unpaired) electrons. The number of aliphatic hydroxyl groups is 2. The SMILES string of the molecule is C.CC(C)(C)OC(=O)C[N+](C)(CCN=C=O)CCN=C=O.CC(C)(C)OC(=O)C[N+](C)(CCO)CCO.COCC[N+](C)(CCOC(=O)CCC[N+](C)(CCCC(C)=O)CC(=O)[O-])CC(=O)[O-].[Br-].[Br-]. The first-order chi connectivity index (χ1) is 30.4. The Kier molecular flexibility index (Phi) is 44.7. The maximum Gasteiger partial charge on any atom is 0.362 e. The van der Waals surface area contributed by atoms with E-state index in [1.807, 2.05) is 34.9 Å². The lowest BCUT2D eigenvalue weighted by Crippen LogP contribution is -3.00. The highest BCUT2D eigenvalue weighted by Gasteiger charge is 2.30. The Bertz CT molecular complexity index is 1560. The number of quaternary nitrogens is 4. The summed E-state index contributed by atoms with van der Waals surface area (Å²) < 4.78 is 21.6. The van der Waals surface area contributed by atoms with Gasteiger partial charge in [0, 0.05) is 26.4 Å². The van der Waals surface area contributed by atoms with Crippen molar-refractivity contribution in [2.75, 3.05) is 153 Å². The summed E-state index contributed by atoms with van der Waals surface area (Å²) in [5.41, 5.74) is -1.05. The molecule has 0 bridgehead atoms. The number of nitrogens with zero attached hydrogens (tertiary/aromatic N) is 6. The van der Waals surface area contributed by atoms with Gasteiger partial charge >= 0.3 is 17.9 Å². The summed E-state index contributed by atoms with van der Waals surface area (Å²) in [6, 6.07) is 0. The number of aliphatic hydroxyl groups excluding tert-OH is 2. The summed E-state index contributed by atoms with van der Waals surface area (Å²) in [5.74, 6) is -3.39. The molecule has 0 rings (SSSR count). The van der Waals surface area contributed by atoms with Gasteiger partial charge in [0.2, 0.25) is 12.2 Å². The molecule has 22 nitrogen and oxygen atoms in total. The van der Waals surface area contributed by atoms with Gasteiger partial charge in [-0.25, -0.2) is 19.2 Å². The Balaban J connectivity index is -0.000000223. The van der Waals surface area contributed by atoms with Crippen LogP contribution in [0.25, 0.3) is 0 Å². The number of carbonyl (C=O) groups is 6. The maximum absolute atomic E-state index is 12.0. The third-order valence-electron chi connectivity index (χ3n) is 9.83. The third-order valence-corrected chi connectivity index (χ3v) is 9.83. The second-order valence-electron chi connectivity index (χ2n) is 19.3. The van der Waals surface area contributed by atoms with Crippen molar-refractivity contribution in [2.24, 2.45) is 9.98 Å². The minimum Gasteiger partial charge on any atom is -1.00 e. The molecule has 0 spiro atoms. The van der Waals surface area contributed by atoms with E-state index in [0.717, 1.165) is 0 Å². The van der Waals surface area contributed by atoms with Crippen molar-refractivity contribution in [2.45, 2.75) is 92.8 Å². The number of aliphatic imine (C=N–C) groups is 2. The molecule has 0 saturated carbocycles. The van der Waals surface area contributed by atoms with E-state index in [-0.39, 0.29) is 138 Å². The van der Waals surface area contributed by atoms with Crippen LogP contribution in [-0.2, 0) is 57.3 Å². The first kappa shape index (κ1) is 76.9. The molecule has 0 fully saturated rings. The van der Waals surface area contributed by atoms with E-state index in [1.54, 1.807) is 34.9 Å². The molecule has 2 N–H and O–H groups in total. The number of Topliss-reactive ketones (excluding diaryl/α,β-unsaturated/α-hetero) is 1. The van der Waals surface area contributed by atoms with Gasteiger partial charge in [0.05, 0.1) is 92.5 Å². The molecular weight excluding hydrogens is 1040 g/mol. The van der Waals surface area contributed by atoms with Gasteiger partial charge in [-0.2, -0.15) is 9.98 Å². The molecule has 0 amide bonds. The van der Waals surface area contributed by atoms with Gasteiger partial charge in [-0.15, -0.1) is 0 Å². The number of hydrogen-bond donors (Lipinski definition) is 2. The van der Waals surface area contributed by atoms with E-state index in [0.29, 0.717) is 82.7 Å². The van der Waals surface area contributed by atoms with E-state index in [1.165, 1.54) is 26.2 Å². The minimum atomic E-state index is -1.19. The van der Waals surface area contributed by atoms with Crippen LogP contribution in [0.5, 0.6) is 0 Å². The Morgan fingerprint density at radius 2 is 0.899 bits per heavy atom. The average Bonchev–Trinajstić information content (AvgIpc) is 3.12. The van der Waals surface area contributed by atoms with Crippen molar-refractivity contribution < 1.29 is 130 Å². The topological polar surface area (TPSA) is 285 Å².